The largest absolute Gasteiger partial charge is 0.383 e. The van der Waals surface area contributed by atoms with E-state index in [1.165, 1.54) is 12.8 Å². The molecule has 5 nitrogen and oxygen atoms in total. The molecule has 0 heterocycles. The molecule has 5 heteroatoms. The molecule has 3 N–H and O–H groups in total. The molecule has 0 saturated heterocycles. The lowest BCUT2D eigenvalue weighted by molar-refractivity contribution is -0.125. The van der Waals surface area contributed by atoms with Crippen molar-refractivity contribution in [2.45, 2.75) is 58.2 Å². The number of nitrogens with one attached hydrogen (secondary N) is 1. The van der Waals surface area contributed by atoms with Gasteiger partial charge in [0.1, 0.15) is 5.54 Å². The Bertz CT molecular complexity index is 318. The molecule has 1 saturated carbocycles. The average Bonchev–Trinajstić information content (AvgIpc) is 3.16. The zero-order valence-corrected chi connectivity index (χ0v) is 13.6. The van der Waals surface area contributed by atoms with Gasteiger partial charge in [-0.25, -0.2) is 0 Å². The van der Waals surface area contributed by atoms with Gasteiger partial charge in [-0.2, -0.15) is 0 Å². The van der Waals surface area contributed by atoms with Crippen LogP contribution in [-0.4, -0.2) is 55.2 Å². The Kier molecular flexibility index (Phi) is 6.43. The van der Waals surface area contributed by atoms with Crippen LogP contribution in [0.5, 0.6) is 0 Å². The molecule has 1 fully saturated rings. The maximum Gasteiger partial charge on any atom is 0.238 e. The van der Waals surface area contributed by atoms with E-state index in [1.54, 1.807) is 7.11 Å². The fourth-order valence-corrected chi connectivity index (χ4v) is 2.75. The Morgan fingerprint density at radius 1 is 1.45 bits per heavy atom. The van der Waals surface area contributed by atoms with E-state index in [4.69, 9.17) is 10.5 Å². The number of rotatable bonds is 10. The van der Waals surface area contributed by atoms with Gasteiger partial charge >= 0.3 is 0 Å². The van der Waals surface area contributed by atoms with Crippen molar-refractivity contribution in [2.75, 3.05) is 26.8 Å². The highest BCUT2D eigenvalue weighted by molar-refractivity contribution is 5.84. The van der Waals surface area contributed by atoms with Crippen molar-refractivity contribution in [3.63, 3.8) is 0 Å². The smallest absolute Gasteiger partial charge is 0.238 e. The Morgan fingerprint density at radius 3 is 2.45 bits per heavy atom. The summed E-state index contributed by atoms with van der Waals surface area (Å²) in [6.07, 6.45) is 2.57. The van der Waals surface area contributed by atoms with Gasteiger partial charge in [-0.05, 0) is 46.5 Å². The van der Waals surface area contributed by atoms with Gasteiger partial charge < -0.3 is 15.8 Å². The van der Waals surface area contributed by atoms with E-state index in [9.17, 15) is 4.79 Å². The third kappa shape index (κ3) is 5.04. The van der Waals surface area contributed by atoms with Gasteiger partial charge in [0.2, 0.25) is 5.91 Å². The van der Waals surface area contributed by atoms with E-state index < -0.39 is 5.54 Å². The molecular weight excluding hydrogens is 254 g/mol. The van der Waals surface area contributed by atoms with E-state index in [0.717, 1.165) is 12.5 Å². The van der Waals surface area contributed by atoms with Gasteiger partial charge in [0.25, 0.3) is 0 Å². The molecule has 0 aromatic heterocycles. The van der Waals surface area contributed by atoms with Gasteiger partial charge in [0.15, 0.2) is 0 Å². The zero-order valence-electron chi connectivity index (χ0n) is 13.6. The van der Waals surface area contributed by atoms with Crippen molar-refractivity contribution in [1.82, 2.24) is 10.2 Å². The van der Waals surface area contributed by atoms with Crippen molar-refractivity contribution in [3.8, 4) is 0 Å². The first-order chi connectivity index (χ1) is 9.30. The molecule has 2 unspecified atom stereocenters. The summed E-state index contributed by atoms with van der Waals surface area (Å²) in [7, 11) is 1.71. The number of carbonyl (C=O) groups excluding carboxylic acids is 1. The molecule has 2 atom stereocenters. The minimum absolute atomic E-state index is 0.216. The lowest BCUT2D eigenvalue weighted by atomic mass is 9.98. The number of nitrogens with zero attached hydrogens (tertiary/aromatic N) is 1. The maximum atomic E-state index is 11.9. The van der Waals surface area contributed by atoms with E-state index in [0.29, 0.717) is 19.2 Å². The van der Waals surface area contributed by atoms with Crippen LogP contribution in [0.15, 0.2) is 0 Å². The highest BCUT2D eigenvalue weighted by Gasteiger charge is 2.38. The van der Waals surface area contributed by atoms with Gasteiger partial charge in [-0.3, -0.25) is 9.69 Å². The summed E-state index contributed by atoms with van der Waals surface area (Å²) in [6.45, 7) is 10.3. The average molecular weight is 285 g/mol. The molecule has 1 rings (SSSR count). The maximum absolute atomic E-state index is 11.9. The first-order valence-corrected chi connectivity index (χ1v) is 7.60. The van der Waals surface area contributed by atoms with Crippen LogP contribution in [0.4, 0.5) is 0 Å². The topological polar surface area (TPSA) is 67.6 Å². The third-order valence-corrected chi connectivity index (χ3v) is 4.13. The van der Waals surface area contributed by atoms with Crippen LogP contribution in [0.25, 0.3) is 0 Å². The number of carbonyl (C=O) groups is 1. The SMILES string of the molecule is COCCN(CC(C)(NC(C)C)C(N)=O)C(C)C1CC1. The molecule has 0 aromatic carbocycles. The number of hydrogen-bond acceptors (Lipinski definition) is 4. The van der Waals surface area contributed by atoms with Crippen LogP contribution in [-0.2, 0) is 9.53 Å². The second-order valence-electron chi connectivity index (χ2n) is 6.54. The summed E-state index contributed by atoms with van der Waals surface area (Å²) in [6, 6.07) is 0.686. The van der Waals surface area contributed by atoms with Crippen molar-refractivity contribution in [2.24, 2.45) is 11.7 Å². The highest BCUT2D eigenvalue weighted by Crippen LogP contribution is 2.35. The predicted molar refractivity (Wildman–Crippen MR) is 81.5 cm³/mol. The van der Waals surface area contributed by atoms with Gasteiger partial charge in [0, 0.05) is 32.3 Å². The fraction of sp³-hybridized carbons (Fsp3) is 0.933. The van der Waals surface area contributed by atoms with E-state index >= 15 is 0 Å². The molecule has 1 aliphatic carbocycles. The predicted octanol–water partition coefficient (Wildman–Crippen LogP) is 0.975. The summed E-state index contributed by atoms with van der Waals surface area (Å²) in [5, 5.41) is 3.32. The number of nitrogens with two attached hydrogens (primary N) is 1. The summed E-state index contributed by atoms with van der Waals surface area (Å²) in [5.41, 5.74) is 4.93. The Morgan fingerprint density at radius 2 is 2.05 bits per heavy atom. The lowest BCUT2D eigenvalue weighted by Crippen LogP contribution is -2.62. The molecule has 0 radical (unpaired) electrons. The van der Waals surface area contributed by atoms with E-state index in [-0.39, 0.29) is 11.9 Å². The van der Waals surface area contributed by atoms with Crippen LogP contribution >= 0.6 is 0 Å². The third-order valence-electron chi connectivity index (χ3n) is 4.13. The second kappa shape index (κ2) is 7.38. The number of ether oxygens (including phenoxy) is 1. The molecule has 0 aromatic rings. The molecule has 20 heavy (non-hydrogen) atoms. The van der Waals surface area contributed by atoms with Crippen LogP contribution in [0.2, 0.25) is 0 Å². The molecule has 1 aliphatic rings. The fourth-order valence-electron chi connectivity index (χ4n) is 2.75. The Labute approximate surface area is 123 Å². The first kappa shape index (κ1) is 17.4. The number of hydrogen-bond donors (Lipinski definition) is 2. The van der Waals surface area contributed by atoms with E-state index in [1.807, 2.05) is 20.8 Å². The van der Waals surface area contributed by atoms with Crippen molar-refractivity contribution in [3.05, 3.63) is 0 Å². The van der Waals surface area contributed by atoms with E-state index in [2.05, 4.69) is 17.1 Å². The first-order valence-electron chi connectivity index (χ1n) is 7.60. The summed E-state index contributed by atoms with van der Waals surface area (Å²) >= 11 is 0. The molecular formula is C15H31N3O2. The van der Waals surface area contributed by atoms with Gasteiger partial charge in [0.05, 0.1) is 6.61 Å². The lowest BCUT2D eigenvalue weighted by Gasteiger charge is -2.38. The molecule has 1 amide bonds. The minimum Gasteiger partial charge on any atom is -0.383 e. The van der Waals surface area contributed by atoms with Crippen molar-refractivity contribution in [1.29, 1.82) is 0 Å². The summed E-state index contributed by atoms with van der Waals surface area (Å²) in [5.74, 6) is 0.458. The number of primary amides is 1. The normalized spacial score (nSPS) is 20.1. The summed E-state index contributed by atoms with van der Waals surface area (Å²) in [4.78, 5) is 14.2. The standard InChI is InChI=1S/C15H31N3O2/c1-11(2)17-15(4,14(16)19)10-18(8-9-20-5)12(3)13-6-7-13/h11-13,17H,6-10H2,1-5H3,(H2,16,19). The van der Waals surface area contributed by atoms with Crippen LogP contribution in [0.1, 0.15) is 40.5 Å². The summed E-state index contributed by atoms with van der Waals surface area (Å²) < 4.78 is 5.20. The van der Waals surface area contributed by atoms with Gasteiger partial charge in [-0.1, -0.05) is 0 Å². The molecule has 118 valence electrons. The highest BCUT2D eigenvalue weighted by atomic mass is 16.5. The van der Waals surface area contributed by atoms with Crippen molar-refractivity contribution >= 4 is 5.91 Å². The van der Waals surface area contributed by atoms with Gasteiger partial charge in [-0.15, -0.1) is 0 Å². The van der Waals surface area contributed by atoms with Crippen molar-refractivity contribution < 1.29 is 9.53 Å². The molecule has 0 bridgehead atoms. The molecule has 0 aliphatic heterocycles. The van der Waals surface area contributed by atoms with Crippen LogP contribution < -0.4 is 11.1 Å². The Balaban J connectivity index is 2.74. The minimum atomic E-state index is -0.703. The second-order valence-corrected chi connectivity index (χ2v) is 6.54. The zero-order chi connectivity index (χ0) is 15.3. The van der Waals surface area contributed by atoms with Crippen LogP contribution in [0, 0.1) is 5.92 Å². The number of amides is 1. The Hall–Kier alpha value is -0.650. The monoisotopic (exact) mass is 285 g/mol. The molecule has 0 spiro atoms. The number of methoxy groups -OCH3 is 1. The quantitative estimate of drug-likeness (QED) is 0.628. The van der Waals surface area contributed by atoms with Crippen LogP contribution in [0.3, 0.4) is 0 Å².